The van der Waals surface area contributed by atoms with Crippen LogP contribution in [0, 0.1) is 6.92 Å². The molecule has 118 valence electrons. The lowest BCUT2D eigenvalue weighted by molar-refractivity contribution is 0.296. The molecule has 0 saturated heterocycles. The summed E-state index contributed by atoms with van der Waals surface area (Å²) >= 11 is 1.45. The Morgan fingerprint density at radius 2 is 2.09 bits per heavy atom. The van der Waals surface area contributed by atoms with Crippen LogP contribution < -0.4 is 5.56 Å². The highest BCUT2D eigenvalue weighted by atomic mass is 32.2. The monoisotopic (exact) mass is 327 g/mol. The van der Waals surface area contributed by atoms with Crippen molar-refractivity contribution in [3.8, 4) is 5.82 Å². The zero-order valence-electron chi connectivity index (χ0n) is 12.8. The normalized spacial score (nSPS) is 11.0. The number of fused-ring (bicyclic) bond motifs is 1. The van der Waals surface area contributed by atoms with Gasteiger partial charge in [0.2, 0.25) is 0 Å². The maximum absolute atomic E-state index is 12.9. The second-order valence-electron chi connectivity index (χ2n) is 5.17. The van der Waals surface area contributed by atoms with Crippen molar-refractivity contribution in [2.24, 2.45) is 0 Å². The van der Waals surface area contributed by atoms with Crippen LogP contribution in [0.3, 0.4) is 0 Å². The first-order chi connectivity index (χ1) is 11.2. The Bertz CT molecular complexity index is 892. The zero-order valence-corrected chi connectivity index (χ0v) is 13.6. The summed E-state index contributed by atoms with van der Waals surface area (Å²) in [6, 6.07) is 11.1. The highest BCUT2D eigenvalue weighted by Gasteiger charge is 2.13. The second-order valence-corrected chi connectivity index (χ2v) is 6.23. The fourth-order valence-corrected chi connectivity index (χ4v) is 3.21. The van der Waals surface area contributed by atoms with Crippen molar-refractivity contribution in [1.29, 1.82) is 0 Å². The Morgan fingerprint density at radius 1 is 1.26 bits per heavy atom. The number of hydrogen-bond acceptors (Lipinski definition) is 5. The molecule has 23 heavy (non-hydrogen) atoms. The third-order valence-corrected chi connectivity index (χ3v) is 4.43. The number of benzene rings is 1. The summed E-state index contributed by atoms with van der Waals surface area (Å²) in [5.74, 6) is 1.26. The number of thioether (sulfide) groups is 1. The number of nitrogens with zero attached hydrogens (tertiary/aromatic N) is 3. The van der Waals surface area contributed by atoms with Crippen molar-refractivity contribution in [3.05, 3.63) is 58.5 Å². The topological polar surface area (TPSA) is 68.0 Å². The summed E-state index contributed by atoms with van der Waals surface area (Å²) < 4.78 is 1.55. The smallest absolute Gasteiger partial charge is 0.267 e. The van der Waals surface area contributed by atoms with Crippen LogP contribution in [0.25, 0.3) is 16.7 Å². The molecule has 5 nitrogen and oxygen atoms in total. The van der Waals surface area contributed by atoms with Gasteiger partial charge in [-0.05, 0) is 43.2 Å². The fraction of sp³-hybridized carbons (Fsp3) is 0.235. The zero-order chi connectivity index (χ0) is 16.2. The van der Waals surface area contributed by atoms with Crippen LogP contribution in [0.4, 0.5) is 0 Å². The molecule has 1 N–H and O–H groups in total. The molecule has 2 heterocycles. The van der Waals surface area contributed by atoms with Gasteiger partial charge in [-0.1, -0.05) is 23.9 Å². The quantitative estimate of drug-likeness (QED) is 0.443. The number of aromatic nitrogens is 3. The molecule has 0 spiro atoms. The second kappa shape index (κ2) is 6.93. The summed E-state index contributed by atoms with van der Waals surface area (Å²) in [5, 5.41) is 10.1. The molecule has 3 aromatic rings. The molecule has 0 aliphatic heterocycles. The largest absolute Gasteiger partial charge is 0.396 e. The summed E-state index contributed by atoms with van der Waals surface area (Å²) in [6.07, 6.45) is 2.34. The number of para-hydroxylation sites is 1. The molecule has 0 aliphatic rings. The molecule has 6 heteroatoms. The molecule has 3 rings (SSSR count). The van der Waals surface area contributed by atoms with E-state index in [9.17, 15) is 4.79 Å². The number of rotatable bonds is 5. The SMILES string of the molecule is Cc1ccnc(-n2c(SCCCO)nc3ccccc3c2=O)c1. The van der Waals surface area contributed by atoms with Crippen molar-refractivity contribution >= 4 is 22.7 Å². The van der Waals surface area contributed by atoms with Gasteiger partial charge in [0.05, 0.1) is 10.9 Å². The van der Waals surface area contributed by atoms with E-state index in [-0.39, 0.29) is 12.2 Å². The maximum Gasteiger partial charge on any atom is 0.267 e. The van der Waals surface area contributed by atoms with Gasteiger partial charge < -0.3 is 5.11 Å². The average molecular weight is 327 g/mol. The van der Waals surface area contributed by atoms with Crippen molar-refractivity contribution in [2.75, 3.05) is 12.4 Å². The molecule has 0 unspecified atom stereocenters. The van der Waals surface area contributed by atoms with E-state index in [2.05, 4.69) is 9.97 Å². The van der Waals surface area contributed by atoms with Crippen molar-refractivity contribution in [1.82, 2.24) is 14.5 Å². The van der Waals surface area contributed by atoms with E-state index in [0.29, 0.717) is 34.1 Å². The summed E-state index contributed by atoms with van der Waals surface area (Å²) in [6.45, 7) is 2.08. The van der Waals surface area contributed by atoms with Crippen LogP contribution in [-0.4, -0.2) is 32.0 Å². The van der Waals surface area contributed by atoms with Crippen LogP contribution in [0.1, 0.15) is 12.0 Å². The van der Waals surface area contributed by atoms with Gasteiger partial charge in [0.15, 0.2) is 5.16 Å². The molecule has 0 saturated carbocycles. The summed E-state index contributed by atoms with van der Waals surface area (Å²) in [7, 11) is 0. The van der Waals surface area contributed by atoms with Gasteiger partial charge in [-0.25, -0.2) is 14.5 Å². The van der Waals surface area contributed by atoms with Gasteiger partial charge >= 0.3 is 0 Å². The van der Waals surface area contributed by atoms with E-state index < -0.39 is 0 Å². The number of pyridine rings is 1. The molecule has 0 aliphatic carbocycles. The first-order valence-corrected chi connectivity index (χ1v) is 8.38. The van der Waals surface area contributed by atoms with E-state index in [1.54, 1.807) is 16.8 Å². The highest BCUT2D eigenvalue weighted by molar-refractivity contribution is 7.99. The molecule has 0 amide bonds. The Kier molecular flexibility index (Phi) is 4.73. The lowest BCUT2D eigenvalue weighted by Crippen LogP contribution is -2.22. The molecule has 2 aromatic heterocycles. The Balaban J connectivity index is 2.21. The van der Waals surface area contributed by atoms with E-state index >= 15 is 0 Å². The lowest BCUT2D eigenvalue weighted by atomic mass is 10.2. The summed E-state index contributed by atoms with van der Waals surface area (Å²) in [4.78, 5) is 21.9. The van der Waals surface area contributed by atoms with E-state index in [4.69, 9.17) is 5.11 Å². The predicted molar refractivity (Wildman–Crippen MR) is 92.3 cm³/mol. The Morgan fingerprint density at radius 3 is 2.87 bits per heavy atom. The van der Waals surface area contributed by atoms with Gasteiger partial charge in [0, 0.05) is 18.6 Å². The van der Waals surface area contributed by atoms with Crippen molar-refractivity contribution < 1.29 is 5.11 Å². The Hall–Kier alpha value is -2.18. The van der Waals surface area contributed by atoms with Gasteiger partial charge in [-0.3, -0.25) is 4.79 Å². The molecular weight excluding hydrogens is 310 g/mol. The molecule has 0 fully saturated rings. The van der Waals surface area contributed by atoms with Crippen LogP contribution in [0.15, 0.2) is 52.5 Å². The molecule has 0 bridgehead atoms. The number of hydrogen-bond donors (Lipinski definition) is 1. The van der Waals surface area contributed by atoms with E-state index in [0.717, 1.165) is 5.56 Å². The van der Waals surface area contributed by atoms with E-state index in [1.165, 1.54) is 11.8 Å². The standard InChI is InChI=1S/C17H17N3O2S/c1-12-7-8-18-15(11-12)20-16(22)13-5-2-3-6-14(13)19-17(20)23-10-4-9-21/h2-3,5-8,11,21H,4,9-10H2,1H3. The maximum atomic E-state index is 12.9. The highest BCUT2D eigenvalue weighted by Crippen LogP contribution is 2.21. The molecular formula is C17H17N3O2S. The van der Waals surface area contributed by atoms with Gasteiger partial charge in [-0.2, -0.15) is 0 Å². The molecule has 0 radical (unpaired) electrons. The number of aliphatic hydroxyl groups is 1. The first kappa shape index (κ1) is 15.7. The minimum Gasteiger partial charge on any atom is -0.396 e. The van der Waals surface area contributed by atoms with Crippen LogP contribution in [0.2, 0.25) is 0 Å². The van der Waals surface area contributed by atoms with Crippen molar-refractivity contribution in [3.63, 3.8) is 0 Å². The first-order valence-electron chi connectivity index (χ1n) is 7.39. The minimum atomic E-state index is -0.125. The van der Waals surface area contributed by atoms with E-state index in [1.807, 2.05) is 37.3 Å². The third-order valence-electron chi connectivity index (χ3n) is 3.41. The molecule has 0 atom stereocenters. The van der Waals surface area contributed by atoms with Crippen LogP contribution in [-0.2, 0) is 0 Å². The van der Waals surface area contributed by atoms with Gasteiger partial charge in [0.25, 0.3) is 5.56 Å². The molecule has 1 aromatic carbocycles. The minimum absolute atomic E-state index is 0.119. The third kappa shape index (κ3) is 3.28. The lowest BCUT2D eigenvalue weighted by Gasteiger charge is -2.12. The van der Waals surface area contributed by atoms with Crippen molar-refractivity contribution in [2.45, 2.75) is 18.5 Å². The summed E-state index contributed by atoms with van der Waals surface area (Å²) in [5.41, 5.74) is 1.58. The number of aryl methyl sites for hydroxylation is 1. The average Bonchev–Trinajstić information content (AvgIpc) is 2.55. The van der Waals surface area contributed by atoms with Gasteiger partial charge in [0.1, 0.15) is 5.82 Å². The van der Waals surface area contributed by atoms with Gasteiger partial charge in [-0.15, -0.1) is 0 Å². The Labute approximate surface area is 138 Å². The van der Waals surface area contributed by atoms with Crippen LogP contribution in [0.5, 0.6) is 0 Å². The predicted octanol–water partition coefficient (Wildman–Crippen LogP) is 2.56. The fourth-order valence-electron chi connectivity index (χ4n) is 2.28. The van der Waals surface area contributed by atoms with Crippen LogP contribution >= 0.6 is 11.8 Å². The number of aliphatic hydroxyl groups excluding tert-OH is 1.